The molecule has 0 spiro atoms. The molecule has 2 N–H and O–H groups in total. The molecule has 0 amide bonds. The number of pyridine rings is 1. The number of rotatable bonds is 5. The van der Waals surface area contributed by atoms with Gasteiger partial charge < -0.3 is 14.9 Å². The van der Waals surface area contributed by atoms with Crippen LogP contribution in [0.2, 0.25) is 0 Å². The van der Waals surface area contributed by atoms with Crippen molar-refractivity contribution in [1.29, 1.82) is 0 Å². The number of ether oxygens (including phenoxy) is 1. The van der Waals surface area contributed by atoms with Gasteiger partial charge in [-0.2, -0.15) is 0 Å². The van der Waals surface area contributed by atoms with E-state index >= 15 is 0 Å². The van der Waals surface area contributed by atoms with Crippen LogP contribution < -0.4 is 0 Å². The Morgan fingerprint density at radius 3 is 2.75 bits per heavy atom. The third-order valence-electron chi connectivity index (χ3n) is 3.31. The minimum atomic E-state index is -0.322. The number of thiocarbonyl (C=S) groups is 1. The third-order valence-corrected chi connectivity index (χ3v) is 4.51. The number of aromatic hydroxyl groups is 1. The van der Waals surface area contributed by atoms with Gasteiger partial charge in [0.2, 0.25) is 0 Å². The number of nitrogens with zero attached hydrogens (tertiary/aromatic N) is 1. The molecule has 0 aliphatic rings. The summed E-state index contributed by atoms with van der Waals surface area (Å²) in [5.74, 6) is -0.0444. The molecule has 5 nitrogen and oxygen atoms in total. The third kappa shape index (κ3) is 4.31. The summed E-state index contributed by atoms with van der Waals surface area (Å²) in [6.07, 6.45) is 1.54. The highest BCUT2D eigenvalue weighted by molar-refractivity contribution is 8.13. The molecule has 0 saturated carbocycles. The van der Waals surface area contributed by atoms with Gasteiger partial charge in [-0.05, 0) is 31.3 Å². The number of hydrogen-bond acceptors (Lipinski definition) is 7. The summed E-state index contributed by atoms with van der Waals surface area (Å²) in [7, 11) is 0. The molecule has 0 atom stereocenters. The van der Waals surface area contributed by atoms with E-state index in [2.05, 4.69) is 4.98 Å². The van der Waals surface area contributed by atoms with Crippen molar-refractivity contribution in [2.24, 2.45) is 0 Å². The topological polar surface area (TPSA) is 79.7 Å². The molecule has 126 valence electrons. The maximum atomic E-state index is 11.3. The smallest absolute Gasteiger partial charge is 0.192 e. The minimum Gasteiger partial charge on any atom is -0.506 e. The maximum absolute atomic E-state index is 11.3. The van der Waals surface area contributed by atoms with Gasteiger partial charge in [0.25, 0.3) is 0 Å². The molecule has 2 aromatic rings. The first-order valence-electron chi connectivity index (χ1n) is 7.15. The molecular weight excluding hydrogens is 346 g/mol. The lowest BCUT2D eigenvalue weighted by atomic mass is 10.1. The fraction of sp³-hybridized carbons (Fsp3) is 0.235. The molecule has 0 fully saturated rings. The summed E-state index contributed by atoms with van der Waals surface area (Å²) in [5.41, 5.74) is 2.02. The lowest BCUT2D eigenvalue weighted by Crippen LogP contribution is -2.08. The minimum absolute atomic E-state index is 0.0412. The molecule has 0 aliphatic carbocycles. The summed E-state index contributed by atoms with van der Waals surface area (Å²) in [5, 5.41) is 19.6. The van der Waals surface area contributed by atoms with Gasteiger partial charge >= 0.3 is 0 Å². The Kier molecular flexibility index (Phi) is 6.30. The van der Waals surface area contributed by atoms with Crippen molar-refractivity contribution in [2.75, 3.05) is 0 Å². The van der Waals surface area contributed by atoms with Crippen molar-refractivity contribution >= 4 is 34.1 Å². The average molecular weight is 363 g/mol. The molecule has 1 aromatic heterocycles. The Labute approximate surface area is 149 Å². The van der Waals surface area contributed by atoms with E-state index in [0.717, 1.165) is 16.7 Å². The van der Waals surface area contributed by atoms with Gasteiger partial charge in [0.1, 0.15) is 12.4 Å². The van der Waals surface area contributed by atoms with Crippen molar-refractivity contribution in [3.63, 3.8) is 0 Å². The predicted molar refractivity (Wildman–Crippen MR) is 96.0 cm³/mol. The first-order valence-corrected chi connectivity index (χ1v) is 8.38. The molecule has 0 bridgehead atoms. The van der Waals surface area contributed by atoms with Gasteiger partial charge in [0.15, 0.2) is 10.2 Å². The normalized spacial score (nSPS) is 10.5. The first kappa shape index (κ1) is 18.4. The van der Waals surface area contributed by atoms with Gasteiger partial charge in [0, 0.05) is 34.7 Å². The Morgan fingerprint density at radius 2 is 2.08 bits per heavy atom. The van der Waals surface area contributed by atoms with E-state index in [0.29, 0.717) is 22.4 Å². The van der Waals surface area contributed by atoms with Crippen LogP contribution in [-0.2, 0) is 22.7 Å². The molecule has 2 rings (SSSR count). The van der Waals surface area contributed by atoms with E-state index < -0.39 is 0 Å². The van der Waals surface area contributed by atoms with E-state index in [-0.39, 0.29) is 29.1 Å². The summed E-state index contributed by atoms with van der Waals surface area (Å²) in [6.45, 7) is 2.88. The second-order valence-corrected chi connectivity index (χ2v) is 6.61. The van der Waals surface area contributed by atoms with Crippen molar-refractivity contribution in [3.8, 4) is 5.75 Å². The number of aromatic nitrogens is 1. The average Bonchev–Trinajstić information content (AvgIpc) is 2.55. The van der Waals surface area contributed by atoms with Crippen LogP contribution in [-0.4, -0.2) is 25.4 Å². The van der Waals surface area contributed by atoms with Gasteiger partial charge in [-0.25, -0.2) is 0 Å². The van der Waals surface area contributed by atoms with E-state index in [4.69, 9.17) is 17.0 Å². The van der Waals surface area contributed by atoms with E-state index in [1.165, 1.54) is 6.92 Å². The van der Waals surface area contributed by atoms with Gasteiger partial charge in [-0.15, -0.1) is 0 Å². The summed E-state index contributed by atoms with van der Waals surface area (Å²) in [4.78, 5) is 16.1. The SMILES string of the molecule is CC(=O)Sc1ccccc1C(=S)OCc1cnc(C)c(O)c1CO. The fourth-order valence-corrected chi connectivity index (χ4v) is 3.11. The zero-order valence-electron chi connectivity index (χ0n) is 13.3. The van der Waals surface area contributed by atoms with Crippen molar-refractivity contribution in [2.45, 2.75) is 32.0 Å². The van der Waals surface area contributed by atoms with Crippen LogP contribution in [0.4, 0.5) is 0 Å². The van der Waals surface area contributed by atoms with Crippen LogP contribution in [0.3, 0.4) is 0 Å². The van der Waals surface area contributed by atoms with Crippen LogP contribution in [0.25, 0.3) is 0 Å². The highest BCUT2D eigenvalue weighted by Gasteiger charge is 2.14. The molecular formula is C17H17NO4S2. The number of thioether (sulfide) groups is 1. The Bertz CT molecular complexity index is 777. The van der Waals surface area contributed by atoms with E-state index in [1.807, 2.05) is 12.1 Å². The number of carbonyl (C=O) groups is 1. The van der Waals surface area contributed by atoms with Gasteiger partial charge in [-0.1, -0.05) is 23.9 Å². The molecule has 24 heavy (non-hydrogen) atoms. The van der Waals surface area contributed by atoms with Crippen LogP contribution in [0, 0.1) is 6.92 Å². The summed E-state index contributed by atoms with van der Waals surface area (Å²) < 4.78 is 5.62. The number of aryl methyl sites for hydroxylation is 1. The van der Waals surface area contributed by atoms with Crippen LogP contribution in [0.1, 0.15) is 29.3 Å². The molecule has 7 heteroatoms. The summed E-state index contributed by atoms with van der Waals surface area (Å²) in [6, 6.07) is 7.22. The Balaban J connectivity index is 2.18. The van der Waals surface area contributed by atoms with Crippen molar-refractivity contribution in [3.05, 3.63) is 52.8 Å². The zero-order chi connectivity index (χ0) is 17.7. The standard InChI is InChI=1S/C17H17NO4S2/c1-10-16(21)14(8-19)12(7-18-10)9-22-17(23)13-5-3-4-6-15(13)24-11(2)20/h3-7,19,21H,8-9H2,1-2H3. The zero-order valence-corrected chi connectivity index (χ0v) is 14.9. The number of benzene rings is 1. The summed E-state index contributed by atoms with van der Waals surface area (Å²) >= 11 is 6.39. The lowest BCUT2D eigenvalue weighted by molar-refractivity contribution is -0.109. The van der Waals surface area contributed by atoms with E-state index in [1.54, 1.807) is 25.3 Å². The molecule has 0 radical (unpaired) electrons. The van der Waals surface area contributed by atoms with Crippen LogP contribution in [0.15, 0.2) is 35.4 Å². The Hall–Kier alpha value is -1.96. The second kappa shape index (κ2) is 8.23. The van der Waals surface area contributed by atoms with Crippen molar-refractivity contribution < 1.29 is 19.7 Å². The lowest BCUT2D eigenvalue weighted by Gasteiger charge is -2.14. The van der Waals surface area contributed by atoms with Crippen LogP contribution in [0.5, 0.6) is 5.75 Å². The highest BCUT2D eigenvalue weighted by Crippen LogP contribution is 2.26. The molecule has 0 saturated heterocycles. The van der Waals surface area contributed by atoms with Gasteiger partial charge in [-0.3, -0.25) is 9.78 Å². The Morgan fingerprint density at radius 1 is 1.38 bits per heavy atom. The molecule has 1 heterocycles. The fourth-order valence-electron chi connectivity index (χ4n) is 2.09. The molecule has 1 aromatic carbocycles. The molecule has 0 aliphatic heterocycles. The number of aliphatic hydroxyl groups is 1. The quantitative estimate of drug-likeness (QED) is 0.624. The van der Waals surface area contributed by atoms with Crippen LogP contribution >= 0.6 is 24.0 Å². The van der Waals surface area contributed by atoms with Crippen molar-refractivity contribution in [1.82, 2.24) is 4.98 Å². The largest absolute Gasteiger partial charge is 0.506 e. The second-order valence-electron chi connectivity index (χ2n) is 5.02. The number of carbonyl (C=O) groups excluding carboxylic acids is 1. The molecule has 0 unspecified atom stereocenters. The van der Waals surface area contributed by atoms with E-state index in [9.17, 15) is 15.0 Å². The maximum Gasteiger partial charge on any atom is 0.192 e. The van der Waals surface area contributed by atoms with Gasteiger partial charge in [0.05, 0.1) is 12.3 Å². The predicted octanol–water partition coefficient (Wildman–Crippen LogP) is 3.12. The highest BCUT2D eigenvalue weighted by atomic mass is 32.2. The monoisotopic (exact) mass is 363 g/mol. The first-order chi connectivity index (χ1) is 11.4. The number of hydrogen-bond donors (Lipinski definition) is 2. The number of aliphatic hydroxyl groups excluding tert-OH is 1.